The van der Waals surface area contributed by atoms with Crippen molar-refractivity contribution in [3.63, 3.8) is 0 Å². The molecule has 0 unspecified atom stereocenters. The molecule has 102 valence electrons. The summed E-state index contributed by atoms with van der Waals surface area (Å²) in [7, 11) is 0. The first-order valence-electron chi connectivity index (χ1n) is 6.47. The van der Waals surface area contributed by atoms with Crippen LogP contribution in [0, 0.1) is 0 Å². The maximum atomic E-state index is 12.0. The molecule has 0 aromatic carbocycles. The van der Waals surface area contributed by atoms with Gasteiger partial charge in [0, 0.05) is 6.54 Å². The van der Waals surface area contributed by atoms with Crippen LogP contribution in [-0.2, 0) is 4.79 Å². The van der Waals surface area contributed by atoms with Gasteiger partial charge in [-0.15, -0.1) is 13.2 Å². The third kappa shape index (κ3) is 3.68. The molecule has 0 radical (unpaired) electrons. The Morgan fingerprint density at radius 3 is 2.28 bits per heavy atom. The standard InChI is InChI=1S/C14H24N2O2/c1-3-7-13(18,8-4-2)11-16-12(17)14(15)9-5-6-10-14/h3-4,18H,1-2,5-11,15H2,(H,16,17). The monoisotopic (exact) mass is 252 g/mol. The molecule has 0 atom stereocenters. The maximum absolute atomic E-state index is 12.0. The van der Waals surface area contributed by atoms with Crippen molar-refractivity contribution in [1.29, 1.82) is 0 Å². The minimum Gasteiger partial charge on any atom is -0.387 e. The van der Waals surface area contributed by atoms with Crippen LogP contribution in [0.4, 0.5) is 0 Å². The first kappa shape index (κ1) is 14.9. The summed E-state index contributed by atoms with van der Waals surface area (Å²) in [5.41, 5.74) is 4.29. The largest absolute Gasteiger partial charge is 0.387 e. The van der Waals surface area contributed by atoms with E-state index in [4.69, 9.17) is 5.73 Å². The molecule has 1 fully saturated rings. The number of nitrogens with two attached hydrogens (primary N) is 1. The average Bonchev–Trinajstić information content (AvgIpc) is 2.75. The van der Waals surface area contributed by atoms with E-state index in [1.807, 2.05) is 0 Å². The van der Waals surface area contributed by atoms with Crippen molar-refractivity contribution in [2.45, 2.75) is 49.7 Å². The van der Waals surface area contributed by atoms with Crippen molar-refractivity contribution >= 4 is 5.91 Å². The summed E-state index contributed by atoms with van der Waals surface area (Å²) >= 11 is 0. The molecule has 18 heavy (non-hydrogen) atoms. The molecule has 0 aliphatic heterocycles. The van der Waals surface area contributed by atoms with Gasteiger partial charge >= 0.3 is 0 Å². The maximum Gasteiger partial charge on any atom is 0.240 e. The second-order valence-corrected chi connectivity index (χ2v) is 5.26. The summed E-state index contributed by atoms with van der Waals surface area (Å²) in [4.78, 5) is 12.0. The van der Waals surface area contributed by atoms with E-state index in [0.717, 1.165) is 25.7 Å². The third-order valence-electron chi connectivity index (χ3n) is 3.57. The van der Waals surface area contributed by atoms with Gasteiger partial charge < -0.3 is 16.2 Å². The second-order valence-electron chi connectivity index (χ2n) is 5.26. The smallest absolute Gasteiger partial charge is 0.240 e. The fraction of sp³-hybridized carbons (Fsp3) is 0.643. The molecule has 4 nitrogen and oxygen atoms in total. The van der Waals surface area contributed by atoms with Crippen LogP contribution in [0.3, 0.4) is 0 Å². The van der Waals surface area contributed by atoms with E-state index in [9.17, 15) is 9.90 Å². The first-order chi connectivity index (χ1) is 8.46. The Kier molecular flexibility index (Phi) is 5.11. The zero-order valence-electron chi connectivity index (χ0n) is 11.0. The van der Waals surface area contributed by atoms with Gasteiger partial charge in [0.1, 0.15) is 0 Å². The van der Waals surface area contributed by atoms with Crippen LogP contribution < -0.4 is 11.1 Å². The Balaban J connectivity index is 2.53. The van der Waals surface area contributed by atoms with E-state index in [1.165, 1.54) is 0 Å². The van der Waals surface area contributed by atoms with Crippen LogP contribution in [-0.4, -0.2) is 28.7 Å². The molecular formula is C14H24N2O2. The van der Waals surface area contributed by atoms with Gasteiger partial charge in [-0.3, -0.25) is 4.79 Å². The molecule has 1 amide bonds. The van der Waals surface area contributed by atoms with Gasteiger partial charge in [-0.25, -0.2) is 0 Å². The molecule has 0 spiro atoms. The van der Waals surface area contributed by atoms with Crippen molar-refractivity contribution in [2.75, 3.05) is 6.54 Å². The van der Waals surface area contributed by atoms with Crippen molar-refractivity contribution in [3.8, 4) is 0 Å². The van der Waals surface area contributed by atoms with Crippen LogP contribution in [0.2, 0.25) is 0 Å². The molecule has 0 aromatic heterocycles. The minimum absolute atomic E-state index is 0.161. The predicted octanol–water partition coefficient (Wildman–Crippen LogP) is 1.26. The number of hydrogen-bond acceptors (Lipinski definition) is 3. The van der Waals surface area contributed by atoms with E-state index in [-0.39, 0.29) is 12.5 Å². The second kappa shape index (κ2) is 6.16. The highest BCUT2D eigenvalue weighted by Gasteiger charge is 2.37. The lowest BCUT2D eigenvalue weighted by Gasteiger charge is -2.29. The summed E-state index contributed by atoms with van der Waals surface area (Å²) in [6.45, 7) is 7.41. The van der Waals surface area contributed by atoms with Gasteiger partial charge in [0.05, 0.1) is 11.1 Å². The molecule has 1 aliphatic carbocycles. The van der Waals surface area contributed by atoms with E-state index in [2.05, 4.69) is 18.5 Å². The number of nitrogens with one attached hydrogen (secondary N) is 1. The highest BCUT2D eigenvalue weighted by Crippen LogP contribution is 2.27. The van der Waals surface area contributed by atoms with Crippen molar-refractivity contribution in [3.05, 3.63) is 25.3 Å². The molecule has 0 heterocycles. The molecule has 1 aliphatic rings. The Morgan fingerprint density at radius 2 is 1.83 bits per heavy atom. The van der Waals surface area contributed by atoms with E-state index in [0.29, 0.717) is 12.8 Å². The minimum atomic E-state index is -1.01. The number of hydrogen-bond donors (Lipinski definition) is 3. The average molecular weight is 252 g/mol. The number of aliphatic hydroxyl groups is 1. The number of amides is 1. The van der Waals surface area contributed by atoms with Gasteiger partial charge in [-0.05, 0) is 25.7 Å². The van der Waals surface area contributed by atoms with Crippen molar-refractivity contribution in [1.82, 2.24) is 5.32 Å². The van der Waals surface area contributed by atoms with Gasteiger partial charge in [0.15, 0.2) is 0 Å². The first-order valence-corrected chi connectivity index (χ1v) is 6.47. The zero-order valence-corrected chi connectivity index (χ0v) is 11.0. The van der Waals surface area contributed by atoms with E-state index in [1.54, 1.807) is 12.2 Å². The summed E-state index contributed by atoms with van der Waals surface area (Å²) in [5.74, 6) is -0.161. The topological polar surface area (TPSA) is 75.3 Å². The van der Waals surface area contributed by atoms with Crippen LogP contribution in [0.1, 0.15) is 38.5 Å². The highest BCUT2D eigenvalue weighted by molar-refractivity contribution is 5.86. The number of rotatable bonds is 7. The zero-order chi connectivity index (χ0) is 13.6. The number of carbonyl (C=O) groups excluding carboxylic acids is 1. The Hall–Kier alpha value is -1.13. The quantitative estimate of drug-likeness (QED) is 0.597. The molecule has 0 aromatic rings. The Bertz CT molecular complexity index is 310. The SMILES string of the molecule is C=CCC(O)(CC=C)CNC(=O)C1(N)CCCC1. The van der Waals surface area contributed by atoms with Crippen LogP contribution in [0.25, 0.3) is 0 Å². The Morgan fingerprint density at radius 1 is 1.33 bits per heavy atom. The fourth-order valence-corrected chi connectivity index (χ4v) is 2.42. The van der Waals surface area contributed by atoms with E-state index >= 15 is 0 Å². The van der Waals surface area contributed by atoms with Crippen molar-refractivity contribution in [2.24, 2.45) is 5.73 Å². The molecule has 4 heteroatoms. The van der Waals surface area contributed by atoms with Crippen molar-refractivity contribution < 1.29 is 9.90 Å². The van der Waals surface area contributed by atoms with Gasteiger partial charge in [-0.1, -0.05) is 25.0 Å². The fourth-order valence-electron chi connectivity index (χ4n) is 2.42. The van der Waals surface area contributed by atoms with Crippen LogP contribution >= 0.6 is 0 Å². The summed E-state index contributed by atoms with van der Waals surface area (Å²) in [6.07, 6.45) is 7.54. The molecular weight excluding hydrogens is 228 g/mol. The summed E-state index contributed by atoms with van der Waals surface area (Å²) in [5, 5.41) is 13.1. The highest BCUT2D eigenvalue weighted by atomic mass is 16.3. The van der Waals surface area contributed by atoms with Crippen LogP contribution in [0.5, 0.6) is 0 Å². The molecule has 0 saturated heterocycles. The lowest BCUT2D eigenvalue weighted by atomic mass is 9.93. The molecule has 4 N–H and O–H groups in total. The lowest BCUT2D eigenvalue weighted by molar-refractivity contribution is -0.127. The summed E-state index contributed by atoms with van der Waals surface area (Å²) in [6, 6.07) is 0. The molecule has 0 bridgehead atoms. The van der Waals surface area contributed by atoms with E-state index < -0.39 is 11.1 Å². The summed E-state index contributed by atoms with van der Waals surface area (Å²) < 4.78 is 0. The third-order valence-corrected chi connectivity index (χ3v) is 3.57. The molecule has 1 rings (SSSR count). The lowest BCUT2D eigenvalue weighted by Crippen LogP contribution is -2.55. The number of carbonyl (C=O) groups is 1. The van der Waals surface area contributed by atoms with Crippen LogP contribution in [0.15, 0.2) is 25.3 Å². The normalized spacial score (nSPS) is 18.3. The molecule has 1 saturated carbocycles. The predicted molar refractivity (Wildman–Crippen MR) is 73.0 cm³/mol. The van der Waals surface area contributed by atoms with Gasteiger partial charge in [0.25, 0.3) is 0 Å². The van der Waals surface area contributed by atoms with Gasteiger partial charge in [-0.2, -0.15) is 0 Å². The van der Waals surface area contributed by atoms with Gasteiger partial charge in [0.2, 0.25) is 5.91 Å². The Labute approximate surface area is 109 Å².